The zero-order valence-corrected chi connectivity index (χ0v) is 20.6. The number of hydrogen-bond donors (Lipinski definition) is 1. The third kappa shape index (κ3) is 3.32. The van der Waals surface area contributed by atoms with E-state index in [4.69, 9.17) is 19.6 Å². The smallest absolute Gasteiger partial charge is 0.230 e. The fourth-order valence-electron chi connectivity index (χ4n) is 5.03. The van der Waals surface area contributed by atoms with Gasteiger partial charge in [0.1, 0.15) is 17.8 Å². The SMILES string of the molecule is COc1ccc([C@H]2c3c(C)nn(-c4ccccc4)c3Oc3ncn4nc(-c5ccccc5O)nc4c32)cc1. The van der Waals surface area contributed by atoms with E-state index in [1.165, 1.54) is 0 Å². The van der Waals surface area contributed by atoms with Crippen molar-refractivity contribution in [1.29, 1.82) is 0 Å². The van der Waals surface area contributed by atoms with Crippen molar-refractivity contribution in [1.82, 2.24) is 29.4 Å². The van der Waals surface area contributed by atoms with Crippen LogP contribution in [0.3, 0.4) is 0 Å². The van der Waals surface area contributed by atoms with Crippen LogP contribution in [0.1, 0.15) is 28.3 Å². The van der Waals surface area contributed by atoms with Crippen molar-refractivity contribution in [2.24, 2.45) is 0 Å². The van der Waals surface area contributed by atoms with Gasteiger partial charge < -0.3 is 14.6 Å². The second kappa shape index (κ2) is 8.45. The van der Waals surface area contributed by atoms with Crippen LogP contribution in [0.25, 0.3) is 22.7 Å². The van der Waals surface area contributed by atoms with E-state index >= 15 is 0 Å². The van der Waals surface area contributed by atoms with Gasteiger partial charge in [0.15, 0.2) is 11.5 Å². The Bertz CT molecular complexity index is 1810. The van der Waals surface area contributed by atoms with Crippen LogP contribution in [0.2, 0.25) is 0 Å². The van der Waals surface area contributed by atoms with Crippen molar-refractivity contribution in [2.75, 3.05) is 7.11 Å². The summed E-state index contributed by atoms with van der Waals surface area (Å²) in [5.41, 5.74) is 5.55. The molecule has 3 aromatic carbocycles. The van der Waals surface area contributed by atoms with Gasteiger partial charge in [-0.2, -0.15) is 5.10 Å². The zero-order chi connectivity index (χ0) is 25.8. The number of phenols is 1. The summed E-state index contributed by atoms with van der Waals surface area (Å²) in [6.45, 7) is 1.98. The predicted molar refractivity (Wildman–Crippen MR) is 140 cm³/mol. The Balaban J connectivity index is 1.49. The Labute approximate surface area is 217 Å². The molecule has 0 unspecified atom stereocenters. The summed E-state index contributed by atoms with van der Waals surface area (Å²) in [4.78, 5) is 9.49. The van der Waals surface area contributed by atoms with Gasteiger partial charge in [-0.1, -0.05) is 42.5 Å². The van der Waals surface area contributed by atoms with E-state index in [0.29, 0.717) is 28.8 Å². The fourth-order valence-corrected chi connectivity index (χ4v) is 5.03. The van der Waals surface area contributed by atoms with Crippen LogP contribution in [-0.4, -0.2) is 41.6 Å². The number of para-hydroxylation sites is 2. The summed E-state index contributed by atoms with van der Waals surface area (Å²) < 4.78 is 15.3. The topological polar surface area (TPSA) is 99.6 Å². The lowest BCUT2D eigenvalue weighted by Crippen LogP contribution is -2.16. The molecular weight excluding hydrogens is 480 g/mol. The first-order chi connectivity index (χ1) is 18.6. The molecule has 0 fully saturated rings. The van der Waals surface area contributed by atoms with E-state index in [0.717, 1.165) is 33.8 Å². The van der Waals surface area contributed by atoms with E-state index < -0.39 is 0 Å². The first kappa shape index (κ1) is 22.1. The minimum Gasteiger partial charge on any atom is -0.507 e. The molecule has 0 spiro atoms. The minimum atomic E-state index is -0.283. The van der Waals surface area contributed by atoms with Gasteiger partial charge in [0.25, 0.3) is 0 Å². The van der Waals surface area contributed by atoms with Gasteiger partial charge in [0.2, 0.25) is 11.8 Å². The maximum absolute atomic E-state index is 10.4. The molecule has 0 bridgehead atoms. The summed E-state index contributed by atoms with van der Waals surface area (Å²) in [5, 5.41) is 19.9. The first-order valence-corrected chi connectivity index (χ1v) is 12.1. The number of aromatic hydroxyl groups is 1. The van der Waals surface area contributed by atoms with Crippen molar-refractivity contribution in [3.63, 3.8) is 0 Å². The van der Waals surface area contributed by atoms with Crippen LogP contribution < -0.4 is 9.47 Å². The quantitative estimate of drug-likeness (QED) is 0.349. The minimum absolute atomic E-state index is 0.107. The van der Waals surface area contributed by atoms with Crippen molar-refractivity contribution in [3.8, 4) is 40.3 Å². The molecule has 6 aromatic rings. The Kier molecular flexibility index (Phi) is 4.90. The van der Waals surface area contributed by atoms with Crippen LogP contribution in [0.4, 0.5) is 0 Å². The molecule has 9 nitrogen and oxygen atoms in total. The molecule has 0 amide bonds. The molecule has 1 atom stereocenters. The molecule has 0 radical (unpaired) electrons. The van der Waals surface area contributed by atoms with Gasteiger partial charge in [-0.15, -0.1) is 5.10 Å². The predicted octanol–water partition coefficient (Wildman–Crippen LogP) is 5.29. The van der Waals surface area contributed by atoms with Crippen molar-refractivity contribution in [2.45, 2.75) is 12.8 Å². The van der Waals surface area contributed by atoms with Crippen LogP contribution in [0.5, 0.6) is 23.3 Å². The number of aromatic nitrogens is 6. The number of nitrogens with zero attached hydrogens (tertiary/aromatic N) is 6. The molecule has 9 heteroatoms. The van der Waals surface area contributed by atoms with Gasteiger partial charge in [-0.25, -0.2) is 19.2 Å². The van der Waals surface area contributed by atoms with Crippen molar-refractivity contribution in [3.05, 3.63) is 108 Å². The Hall–Kier alpha value is -5.18. The number of methoxy groups -OCH3 is 1. The molecule has 1 aliphatic heterocycles. The average Bonchev–Trinajstić information content (AvgIpc) is 3.54. The van der Waals surface area contributed by atoms with Gasteiger partial charge in [0.05, 0.1) is 41.1 Å². The Morgan fingerprint density at radius 3 is 2.42 bits per heavy atom. The highest BCUT2D eigenvalue weighted by Gasteiger charge is 2.38. The second-order valence-electron chi connectivity index (χ2n) is 9.04. The summed E-state index contributed by atoms with van der Waals surface area (Å²) in [7, 11) is 1.65. The average molecular weight is 503 g/mol. The number of fused-ring (bicyclic) bond motifs is 4. The van der Waals surface area contributed by atoms with E-state index in [-0.39, 0.29) is 11.7 Å². The van der Waals surface area contributed by atoms with Crippen LogP contribution >= 0.6 is 0 Å². The van der Waals surface area contributed by atoms with E-state index in [1.54, 1.807) is 36.2 Å². The van der Waals surface area contributed by atoms with E-state index in [1.807, 2.05) is 72.3 Å². The molecule has 3 aromatic heterocycles. The highest BCUT2D eigenvalue weighted by Crippen LogP contribution is 2.50. The highest BCUT2D eigenvalue weighted by molar-refractivity contribution is 5.70. The molecular formula is C29H22N6O3. The monoisotopic (exact) mass is 502 g/mol. The number of phenolic OH excluding ortho intramolecular Hbond substituents is 1. The summed E-state index contributed by atoms with van der Waals surface area (Å²) >= 11 is 0. The molecule has 1 aliphatic rings. The van der Waals surface area contributed by atoms with Crippen molar-refractivity contribution < 1.29 is 14.6 Å². The van der Waals surface area contributed by atoms with Crippen molar-refractivity contribution >= 4 is 5.65 Å². The first-order valence-electron chi connectivity index (χ1n) is 12.1. The van der Waals surface area contributed by atoms with Gasteiger partial charge >= 0.3 is 0 Å². The van der Waals surface area contributed by atoms with Crippen LogP contribution in [0, 0.1) is 6.92 Å². The highest BCUT2D eigenvalue weighted by atomic mass is 16.5. The van der Waals surface area contributed by atoms with Crippen LogP contribution in [-0.2, 0) is 0 Å². The number of aryl methyl sites for hydroxylation is 1. The van der Waals surface area contributed by atoms with Crippen LogP contribution in [0.15, 0.2) is 85.2 Å². The maximum atomic E-state index is 10.4. The molecule has 0 saturated carbocycles. The lowest BCUT2D eigenvalue weighted by Gasteiger charge is -2.26. The summed E-state index contributed by atoms with van der Waals surface area (Å²) in [5.74, 6) is 2.02. The Morgan fingerprint density at radius 1 is 0.895 bits per heavy atom. The summed E-state index contributed by atoms with van der Waals surface area (Å²) in [6, 6.07) is 24.8. The lowest BCUT2D eigenvalue weighted by atomic mass is 9.84. The third-order valence-corrected chi connectivity index (χ3v) is 6.82. The maximum Gasteiger partial charge on any atom is 0.230 e. The molecule has 186 valence electrons. The normalized spacial score (nSPS) is 14.1. The Morgan fingerprint density at radius 2 is 1.66 bits per heavy atom. The molecule has 4 heterocycles. The van der Waals surface area contributed by atoms with Gasteiger partial charge in [-0.3, -0.25) is 0 Å². The molecule has 7 rings (SSSR count). The van der Waals surface area contributed by atoms with E-state index in [9.17, 15) is 5.11 Å². The number of benzene rings is 3. The molecule has 0 saturated heterocycles. The molecule has 1 N–H and O–H groups in total. The fraction of sp³-hybridized carbons (Fsp3) is 0.103. The standard InChI is InChI=1S/C29H22N6O3/c1-17-23-24(18-12-14-20(37-2)15-13-18)25-27-31-26(21-10-6-7-11-22(21)36)33-34(27)16-30-28(25)38-29(23)35(32-17)19-8-4-3-5-9-19/h3-16,24,36H,1-2H3/t24-/m0/s1. The molecule has 38 heavy (non-hydrogen) atoms. The largest absolute Gasteiger partial charge is 0.507 e. The third-order valence-electron chi connectivity index (χ3n) is 6.82. The number of rotatable bonds is 4. The number of ether oxygens (including phenoxy) is 2. The van der Waals surface area contributed by atoms with E-state index in [2.05, 4.69) is 10.1 Å². The summed E-state index contributed by atoms with van der Waals surface area (Å²) in [6.07, 6.45) is 1.58. The lowest BCUT2D eigenvalue weighted by molar-refractivity contribution is 0.402. The zero-order valence-electron chi connectivity index (χ0n) is 20.6. The number of hydrogen-bond acceptors (Lipinski definition) is 7. The van der Waals surface area contributed by atoms with Gasteiger partial charge in [-0.05, 0) is 48.9 Å². The second-order valence-corrected chi connectivity index (χ2v) is 9.04. The van der Waals surface area contributed by atoms with Gasteiger partial charge in [0, 0.05) is 0 Å². The molecule has 0 aliphatic carbocycles.